The number of hydrazine groups is 1. The Labute approximate surface area is 196 Å². The number of fused-ring (bicyclic) bond motifs is 1. The molecule has 1 aliphatic rings. The zero-order valence-corrected chi connectivity index (χ0v) is 20.5. The number of nitrogens with one attached hydrogen (secondary N) is 1. The summed E-state index contributed by atoms with van der Waals surface area (Å²) in [7, 11) is 3.33. The highest BCUT2D eigenvalue weighted by Gasteiger charge is 2.16. The molecule has 0 radical (unpaired) electrons. The van der Waals surface area contributed by atoms with Crippen LogP contribution < -0.4 is 11.6 Å². The van der Waals surface area contributed by atoms with Crippen LogP contribution in [-0.4, -0.2) is 65.3 Å². The topological polar surface area (TPSA) is 112 Å². The Morgan fingerprint density at radius 2 is 1.82 bits per heavy atom. The van der Waals surface area contributed by atoms with Crippen molar-refractivity contribution in [3.63, 3.8) is 0 Å². The third-order valence-electron chi connectivity index (χ3n) is 5.17. The van der Waals surface area contributed by atoms with Gasteiger partial charge in [-0.25, -0.2) is 10.2 Å². The summed E-state index contributed by atoms with van der Waals surface area (Å²) in [4.78, 5) is 29.6. The molecule has 0 spiro atoms. The lowest BCUT2D eigenvalue weighted by Crippen LogP contribution is -2.38. The van der Waals surface area contributed by atoms with Crippen LogP contribution in [0.25, 0.3) is 10.9 Å². The summed E-state index contributed by atoms with van der Waals surface area (Å²) in [6.45, 7) is 8.20. The molecule has 184 valence electrons. The summed E-state index contributed by atoms with van der Waals surface area (Å²) in [5.74, 6) is 5.26. The Hall–Kier alpha value is -3.07. The second-order valence-corrected chi connectivity index (χ2v) is 7.81. The number of hydrogen-bond donors (Lipinski definition) is 3. The molecule has 3 rings (SSSR count). The minimum atomic E-state index is -0.335. The molecule has 5 N–H and O–H groups in total. The number of nitrogens with two attached hydrogens (primary N) is 2. The summed E-state index contributed by atoms with van der Waals surface area (Å²) in [6, 6.07) is 4.80. The van der Waals surface area contributed by atoms with Gasteiger partial charge in [-0.1, -0.05) is 19.9 Å². The number of aryl methyl sites for hydroxylation is 1. The van der Waals surface area contributed by atoms with Gasteiger partial charge in [-0.15, -0.1) is 0 Å². The van der Waals surface area contributed by atoms with E-state index in [-0.39, 0.29) is 17.6 Å². The Morgan fingerprint density at radius 1 is 1.18 bits per heavy atom. The van der Waals surface area contributed by atoms with Gasteiger partial charge < -0.3 is 25.5 Å². The molecule has 0 atom stereocenters. The normalized spacial score (nSPS) is 13.1. The molecular formula is C24H39FN6O2. The number of amides is 2. The standard InChI is InChI=1S/C12H13FN2O.C10H20N4O.C2H6/c1-7-4-5-9(13)11-8(7)6-10(14-11)12(16)15(2)3;11-5-9-14(12)8-4-10(15)13-6-2-1-3-7-13;1-2/h4-6,14H,1-3H3;5,9H,1-4,6-8,11-12H2;1-2H3/b;9-5-;. The average Bonchev–Trinajstić information content (AvgIpc) is 3.29. The van der Waals surface area contributed by atoms with Crippen LogP contribution in [0.5, 0.6) is 0 Å². The molecule has 2 aromatic rings. The van der Waals surface area contributed by atoms with Crippen molar-refractivity contribution in [1.29, 1.82) is 0 Å². The Kier molecular flexibility index (Phi) is 12.0. The summed E-state index contributed by atoms with van der Waals surface area (Å²) < 4.78 is 13.5. The molecule has 1 aliphatic heterocycles. The zero-order chi connectivity index (χ0) is 25.0. The fourth-order valence-corrected chi connectivity index (χ4v) is 3.39. The quantitative estimate of drug-likeness (QED) is 0.466. The smallest absolute Gasteiger partial charge is 0.269 e. The Balaban J connectivity index is 0.000000308. The minimum Gasteiger partial charge on any atom is -0.403 e. The molecule has 2 heterocycles. The van der Waals surface area contributed by atoms with Crippen molar-refractivity contribution < 1.29 is 14.0 Å². The third kappa shape index (κ3) is 8.42. The summed E-state index contributed by atoms with van der Waals surface area (Å²) >= 11 is 0. The van der Waals surface area contributed by atoms with Crippen LogP contribution in [0.2, 0.25) is 0 Å². The van der Waals surface area contributed by atoms with Crippen LogP contribution in [0.15, 0.2) is 30.6 Å². The van der Waals surface area contributed by atoms with E-state index in [9.17, 15) is 14.0 Å². The first-order chi connectivity index (χ1) is 15.7. The van der Waals surface area contributed by atoms with E-state index < -0.39 is 0 Å². The molecule has 0 bridgehead atoms. The molecule has 8 nitrogen and oxygen atoms in total. The van der Waals surface area contributed by atoms with Crippen molar-refractivity contribution in [1.82, 2.24) is 19.8 Å². The van der Waals surface area contributed by atoms with Crippen molar-refractivity contribution in [3.05, 3.63) is 47.7 Å². The predicted octanol–water partition coefficient (Wildman–Crippen LogP) is 3.34. The second-order valence-electron chi connectivity index (χ2n) is 7.81. The van der Waals surface area contributed by atoms with Gasteiger partial charge in [0.25, 0.3) is 5.91 Å². The lowest BCUT2D eigenvalue weighted by Gasteiger charge is -2.27. The molecule has 9 heteroatoms. The van der Waals surface area contributed by atoms with Gasteiger partial charge in [0.2, 0.25) is 5.91 Å². The van der Waals surface area contributed by atoms with E-state index in [1.54, 1.807) is 32.4 Å². The van der Waals surface area contributed by atoms with Crippen molar-refractivity contribution in [2.45, 2.75) is 46.5 Å². The highest BCUT2D eigenvalue weighted by molar-refractivity contribution is 5.98. The predicted molar refractivity (Wildman–Crippen MR) is 132 cm³/mol. The first kappa shape index (κ1) is 28.0. The van der Waals surface area contributed by atoms with Crippen LogP contribution >= 0.6 is 0 Å². The van der Waals surface area contributed by atoms with E-state index in [0.717, 1.165) is 36.9 Å². The van der Waals surface area contributed by atoms with Crippen LogP contribution in [-0.2, 0) is 4.79 Å². The molecule has 1 aromatic heterocycles. The molecule has 0 saturated carbocycles. The van der Waals surface area contributed by atoms with Crippen molar-refractivity contribution in [3.8, 4) is 0 Å². The molecule has 33 heavy (non-hydrogen) atoms. The van der Waals surface area contributed by atoms with Crippen molar-refractivity contribution in [2.24, 2.45) is 11.6 Å². The van der Waals surface area contributed by atoms with E-state index in [0.29, 0.717) is 24.2 Å². The fourth-order valence-electron chi connectivity index (χ4n) is 3.39. The number of aromatic amines is 1. The van der Waals surface area contributed by atoms with Gasteiger partial charge in [-0.3, -0.25) is 9.59 Å². The van der Waals surface area contributed by atoms with Gasteiger partial charge in [-0.05, 0) is 43.9 Å². The molecular weight excluding hydrogens is 423 g/mol. The number of rotatable bonds is 5. The molecule has 2 amide bonds. The number of likely N-dealkylation sites (tertiary alicyclic amines) is 1. The number of piperidine rings is 1. The Morgan fingerprint density at radius 3 is 2.36 bits per heavy atom. The highest BCUT2D eigenvalue weighted by Crippen LogP contribution is 2.22. The molecule has 1 fully saturated rings. The maximum Gasteiger partial charge on any atom is 0.269 e. The van der Waals surface area contributed by atoms with E-state index in [2.05, 4.69) is 4.98 Å². The van der Waals surface area contributed by atoms with Crippen LogP contribution in [0.1, 0.15) is 55.6 Å². The molecule has 1 saturated heterocycles. The number of aromatic nitrogens is 1. The molecule has 1 aromatic carbocycles. The Bertz CT molecular complexity index is 880. The average molecular weight is 463 g/mol. The molecule has 0 aliphatic carbocycles. The summed E-state index contributed by atoms with van der Waals surface area (Å²) in [5.41, 5.74) is 6.93. The van der Waals surface area contributed by atoms with E-state index in [4.69, 9.17) is 11.6 Å². The van der Waals surface area contributed by atoms with Gasteiger partial charge in [-0.2, -0.15) is 0 Å². The highest BCUT2D eigenvalue weighted by atomic mass is 19.1. The van der Waals surface area contributed by atoms with E-state index in [1.807, 2.05) is 25.7 Å². The van der Waals surface area contributed by atoms with Crippen molar-refractivity contribution >= 4 is 22.7 Å². The number of carbonyl (C=O) groups is 2. The SMILES string of the molecule is CC.Cc1ccc(F)c2[nH]c(C(=O)N(C)C)cc12.N/C=C\N(N)CCC(=O)N1CCCCC1. The number of carbonyl (C=O) groups excluding carboxylic acids is 2. The first-order valence-electron chi connectivity index (χ1n) is 11.4. The van der Waals surface area contributed by atoms with Gasteiger partial charge in [0.05, 0.1) is 5.52 Å². The van der Waals surface area contributed by atoms with Gasteiger partial charge in [0.1, 0.15) is 11.5 Å². The zero-order valence-electron chi connectivity index (χ0n) is 20.5. The van der Waals surface area contributed by atoms with Crippen LogP contribution in [0.4, 0.5) is 4.39 Å². The number of hydrogen-bond acceptors (Lipinski definition) is 5. The second kappa shape index (κ2) is 14.2. The van der Waals surface area contributed by atoms with Gasteiger partial charge in [0.15, 0.2) is 0 Å². The lowest BCUT2D eigenvalue weighted by atomic mass is 10.1. The fraction of sp³-hybridized carbons (Fsp3) is 0.500. The van der Waals surface area contributed by atoms with Gasteiger partial charge >= 0.3 is 0 Å². The number of nitrogens with zero attached hydrogens (tertiary/aromatic N) is 3. The molecule has 0 unspecified atom stereocenters. The largest absolute Gasteiger partial charge is 0.403 e. The first-order valence-corrected chi connectivity index (χ1v) is 11.4. The number of H-pyrrole nitrogens is 1. The maximum atomic E-state index is 13.5. The van der Waals surface area contributed by atoms with E-state index >= 15 is 0 Å². The van der Waals surface area contributed by atoms with Gasteiger partial charge in [0, 0.05) is 57.9 Å². The monoisotopic (exact) mass is 462 g/mol. The van der Waals surface area contributed by atoms with Crippen molar-refractivity contribution in [2.75, 3.05) is 33.7 Å². The third-order valence-corrected chi connectivity index (χ3v) is 5.17. The minimum absolute atomic E-state index is 0.157. The summed E-state index contributed by atoms with van der Waals surface area (Å²) in [5, 5.41) is 2.19. The maximum absolute atomic E-state index is 13.5. The number of halogens is 1. The van der Waals surface area contributed by atoms with E-state index in [1.165, 1.54) is 28.6 Å². The van der Waals surface area contributed by atoms with Crippen LogP contribution in [0, 0.1) is 12.7 Å². The number of benzene rings is 1. The summed E-state index contributed by atoms with van der Waals surface area (Å²) in [6.07, 6.45) is 6.87. The van der Waals surface area contributed by atoms with Crippen LogP contribution in [0.3, 0.4) is 0 Å². The lowest BCUT2D eigenvalue weighted by molar-refractivity contribution is -0.132.